The molecule has 2 nitrogen and oxygen atoms in total. The molecule has 0 saturated carbocycles. The van der Waals surface area contributed by atoms with E-state index in [2.05, 4.69) is 9.59 Å². The smallest absolute Gasteiger partial charge is 0.0777 e. The van der Waals surface area contributed by atoms with Crippen LogP contribution < -0.4 is 0 Å². The highest BCUT2D eigenvalue weighted by molar-refractivity contribution is 7.03. The van der Waals surface area contributed by atoms with Crippen LogP contribution in [0.3, 0.4) is 0 Å². The van der Waals surface area contributed by atoms with E-state index in [1.54, 1.807) is 6.92 Å². The van der Waals surface area contributed by atoms with Gasteiger partial charge in [0.1, 0.15) is 0 Å². The van der Waals surface area contributed by atoms with E-state index in [0.717, 1.165) is 11.5 Å². The first-order valence-corrected chi connectivity index (χ1v) is 2.33. The third-order valence-corrected chi connectivity index (χ3v) is 0.975. The predicted molar refractivity (Wildman–Crippen MR) is 24.6 cm³/mol. The Bertz CT molecular complexity index is 145. The lowest BCUT2D eigenvalue weighted by molar-refractivity contribution is 1.09. The monoisotopic (exact) mass is 102 g/mol. The summed E-state index contributed by atoms with van der Waals surface area (Å²) in [6, 6.07) is 0. The largest absolute Gasteiger partial charge is 0.143 e. The van der Waals surface area contributed by atoms with Gasteiger partial charge in [0.05, 0.1) is 7.06 Å². The number of nitrogens with zero attached hydrogens (tertiary/aromatic N) is 2. The third-order valence-electron chi connectivity index (χ3n) is 0.425. The van der Waals surface area contributed by atoms with E-state index in [-0.39, 0.29) is 0 Å². The van der Waals surface area contributed by atoms with E-state index in [0.29, 0.717) is 11.1 Å². The van der Waals surface area contributed by atoms with Gasteiger partial charge in [-0.2, -0.15) is 0 Å². The third kappa shape index (κ3) is 0.542. The molecule has 0 radical (unpaired) electrons. The average Bonchev–Trinajstić information content (AvgIpc) is 1.91. The van der Waals surface area contributed by atoms with E-state index >= 15 is 0 Å². The lowest BCUT2D eigenvalue weighted by Gasteiger charge is -1.61. The lowest BCUT2D eigenvalue weighted by atomic mass is 10.6. The molecule has 0 saturated heterocycles. The van der Waals surface area contributed by atoms with Crippen LogP contribution in [0.1, 0.15) is 7.06 Å². The summed E-state index contributed by atoms with van der Waals surface area (Å²) in [6.07, 6.45) is 0. The molecule has 1 aromatic rings. The van der Waals surface area contributed by atoms with Gasteiger partial charge in [-0.05, 0) is 18.5 Å². The molecule has 0 fully saturated rings. The maximum absolute atomic E-state index is 6.99. The summed E-state index contributed by atoms with van der Waals surface area (Å²) in [6.45, 7) is 1.77. The van der Waals surface area contributed by atoms with Gasteiger partial charge in [0.15, 0.2) is 0 Å². The molecule has 0 atom stereocenters. The number of aromatic nitrogens is 2. The normalized spacial score (nSPS) is 11.2. The van der Waals surface area contributed by atoms with Crippen molar-refractivity contribution in [3.05, 3.63) is 11.1 Å². The fourth-order valence-electron chi connectivity index (χ4n) is 0.189. The molecule has 3 heteroatoms. The van der Waals surface area contributed by atoms with Crippen molar-refractivity contribution in [3.63, 3.8) is 0 Å². The van der Waals surface area contributed by atoms with Gasteiger partial charge < -0.3 is 0 Å². The highest BCUT2D eigenvalue weighted by Gasteiger charge is 1.78. The molecule has 0 aromatic carbocycles. The molecular formula is C3H4N2S. The molecule has 0 N–H and O–H groups in total. The van der Waals surface area contributed by atoms with Gasteiger partial charge >= 0.3 is 0 Å². The molecule has 0 bridgehead atoms. The Balaban J connectivity index is 3.12. The minimum Gasteiger partial charge on any atom is -0.143 e. The standard InChI is InChI=1S/C3H4N2S/c1-3-2-6-5-4-3/h2H,1H3/i2T. The number of hydrogen-bond donors (Lipinski definition) is 0. The molecule has 6 heavy (non-hydrogen) atoms. The Morgan fingerprint density at radius 2 is 3.00 bits per heavy atom. The van der Waals surface area contributed by atoms with Crippen LogP contribution in [-0.2, 0) is 0 Å². The highest BCUT2D eigenvalue weighted by Crippen LogP contribution is 1.90. The number of aryl methyl sites for hydroxylation is 1. The second kappa shape index (κ2) is 1.34. The maximum atomic E-state index is 6.99. The van der Waals surface area contributed by atoms with Crippen LogP contribution in [0.4, 0.5) is 0 Å². The summed E-state index contributed by atoms with van der Waals surface area (Å²) >= 11 is 1.11. The highest BCUT2D eigenvalue weighted by atomic mass is 32.1. The molecule has 0 amide bonds. The fourth-order valence-corrected chi connectivity index (χ4v) is 0.566. The summed E-state index contributed by atoms with van der Waals surface area (Å²) in [5, 5.41) is 4.06. The van der Waals surface area contributed by atoms with Gasteiger partial charge in [0, 0.05) is 5.36 Å². The molecule has 1 heterocycles. The molecule has 0 aliphatic rings. The fraction of sp³-hybridized carbons (Fsp3) is 0.333. The van der Waals surface area contributed by atoms with Crippen molar-refractivity contribution in [1.29, 1.82) is 0 Å². The second-order valence-corrected chi connectivity index (χ2v) is 1.51. The van der Waals surface area contributed by atoms with E-state index < -0.39 is 0 Å². The Morgan fingerprint density at radius 3 is 3.17 bits per heavy atom. The van der Waals surface area contributed by atoms with Gasteiger partial charge in [0.25, 0.3) is 0 Å². The summed E-state index contributed by atoms with van der Waals surface area (Å²) in [4.78, 5) is 0. The maximum Gasteiger partial charge on any atom is 0.0777 e. The Morgan fingerprint density at radius 1 is 2.17 bits per heavy atom. The van der Waals surface area contributed by atoms with Crippen molar-refractivity contribution in [3.8, 4) is 0 Å². The summed E-state index contributed by atoms with van der Waals surface area (Å²) in [5.41, 5.74) is 0.713. The Kier molecular flexibility index (Phi) is 0.601. The van der Waals surface area contributed by atoms with E-state index in [1.807, 2.05) is 0 Å². The second-order valence-electron chi connectivity index (χ2n) is 0.960. The Labute approximate surface area is 41.4 Å². The van der Waals surface area contributed by atoms with Gasteiger partial charge in [-0.1, -0.05) is 4.49 Å². The minimum absolute atomic E-state index is 0.458. The van der Waals surface area contributed by atoms with Crippen molar-refractivity contribution >= 4 is 11.5 Å². The zero-order valence-electron chi connectivity index (χ0n) is 4.30. The van der Waals surface area contributed by atoms with Gasteiger partial charge in [0.2, 0.25) is 0 Å². The molecular weight excluding hydrogens is 96.1 g/mol. The molecule has 0 spiro atoms. The molecule has 32 valence electrons. The topological polar surface area (TPSA) is 25.8 Å². The summed E-state index contributed by atoms with van der Waals surface area (Å²) in [5.74, 6) is 0. The first-order chi connectivity index (χ1) is 3.30. The first kappa shape index (κ1) is 2.69. The van der Waals surface area contributed by atoms with Crippen molar-refractivity contribution < 1.29 is 1.37 Å². The minimum atomic E-state index is 0.458. The summed E-state index contributed by atoms with van der Waals surface area (Å²) < 4.78 is 10.5. The van der Waals surface area contributed by atoms with Crippen molar-refractivity contribution in [2.24, 2.45) is 0 Å². The zero-order chi connectivity index (χ0) is 5.28. The van der Waals surface area contributed by atoms with Crippen molar-refractivity contribution in [1.82, 2.24) is 9.59 Å². The van der Waals surface area contributed by atoms with Crippen LogP contribution in [0.25, 0.3) is 0 Å². The molecule has 0 aliphatic heterocycles. The van der Waals surface area contributed by atoms with Crippen molar-refractivity contribution in [2.75, 3.05) is 0 Å². The number of hydrogen-bond acceptors (Lipinski definition) is 3. The quantitative estimate of drug-likeness (QED) is 0.485. The van der Waals surface area contributed by atoms with E-state index in [1.165, 1.54) is 0 Å². The van der Waals surface area contributed by atoms with Crippen LogP contribution in [0.5, 0.6) is 0 Å². The average molecular weight is 102 g/mol. The van der Waals surface area contributed by atoms with Crippen LogP contribution in [0.2, 0.25) is 0 Å². The van der Waals surface area contributed by atoms with Gasteiger partial charge in [-0.3, -0.25) is 0 Å². The molecule has 0 unspecified atom stereocenters. The summed E-state index contributed by atoms with van der Waals surface area (Å²) in [7, 11) is 0. The van der Waals surface area contributed by atoms with Crippen LogP contribution in [0, 0.1) is 6.92 Å². The zero-order valence-corrected chi connectivity index (χ0v) is 4.12. The molecule has 1 aromatic heterocycles. The molecule has 0 aliphatic carbocycles. The van der Waals surface area contributed by atoms with Crippen LogP contribution in [0.15, 0.2) is 5.36 Å². The number of rotatable bonds is 0. The predicted octanol–water partition coefficient (Wildman–Crippen LogP) is 0.847. The van der Waals surface area contributed by atoms with Gasteiger partial charge in [-0.25, -0.2) is 0 Å². The SMILES string of the molecule is [3H]c1snnc1C. The Hall–Kier alpha value is -0.440. The lowest BCUT2D eigenvalue weighted by Crippen LogP contribution is -1.64. The van der Waals surface area contributed by atoms with Crippen LogP contribution in [-0.4, -0.2) is 9.59 Å². The van der Waals surface area contributed by atoms with E-state index in [9.17, 15) is 0 Å². The van der Waals surface area contributed by atoms with Crippen LogP contribution >= 0.6 is 11.5 Å². The van der Waals surface area contributed by atoms with E-state index in [4.69, 9.17) is 1.37 Å². The molecule has 1 rings (SSSR count). The van der Waals surface area contributed by atoms with Crippen molar-refractivity contribution in [2.45, 2.75) is 6.92 Å². The van der Waals surface area contributed by atoms with Gasteiger partial charge in [-0.15, -0.1) is 5.10 Å². The first-order valence-electron chi connectivity index (χ1n) is 2.06.